The molecule has 1 heterocycles. The van der Waals surface area contributed by atoms with Crippen LogP contribution < -0.4 is 10.6 Å². The van der Waals surface area contributed by atoms with Gasteiger partial charge < -0.3 is 10.6 Å². The van der Waals surface area contributed by atoms with Gasteiger partial charge in [0, 0.05) is 28.4 Å². The lowest BCUT2D eigenvalue weighted by atomic mass is 10.1. The van der Waals surface area contributed by atoms with Crippen molar-refractivity contribution in [3.63, 3.8) is 0 Å². The topological polar surface area (TPSA) is 49.8 Å². The lowest BCUT2D eigenvalue weighted by Gasteiger charge is -2.12. The van der Waals surface area contributed by atoms with Crippen LogP contribution in [0.5, 0.6) is 0 Å². The van der Waals surface area contributed by atoms with Gasteiger partial charge in [-0.25, -0.2) is 4.98 Å². The van der Waals surface area contributed by atoms with Crippen LogP contribution in [-0.2, 0) is 0 Å². The smallest absolute Gasteiger partial charge is 0.229 e. The van der Waals surface area contributed by atoms with Gasteiger partial charge in [0.2, 0.25) is 5.95 Å². The molecule has 0 radical (unpaired) electrons. The number of hydrogen-bond donors (Lipinski definition) is 2. The highest BCUT2D eigenvalue weighted by atomic mass is 35.5. The highest BCUT2D eigenvalue weighted by Gasteiger charge is 2.22. The maximum Gasteiger partial charge on any atom is 0.229 e. The van der Waals surface area contributed by atoms with Gasteiger partial charge in [-0.3, -0.25) is 0 Å². The summed E-state index contributed by atoms with van der Waals surface area (Å²) in [6.07, 6.45) is 2.40. The predicted octanol–water partition coefficient (Wildman–Crippen LogP) is 5.42. The molecule has 1 saturated carbocycles. The molecule has 1 fully saturated rings. The number of rotatable bonds is 5. The Morgan fingerprint density at radius 3 is 2.52 bits per heavy atom. The second-order valence-electron chi connectivity index (χ2n) is 6.33. The van der Waals surface area contributed by atoms with E-state index in [0.717, 1.165) is 33.3 Å². The predicted molar refractivity (Wildman–Crippen MR) is 104 cm³/mol. The summed E-state index contributed by atoms with van der Waals surface area (Å²) in [7, 11) is 0. The Morgan fingerprint density at radius 1 is 1.00 bits per heavy atom. The van der Waals surface area contributed by atoms with E-state index in [1.165, 1.54) is 12.8 Å². The first-order valence-electron chi connectivity index (χ1n) is 8.41. The van der Waals surface area contributed by atoms with Gasteiger partial charge in [-0.05, 0) is 43.5 Å². The Labute approximate surface area is 152 Å². The van der Waals surface area contributed by atoms with E-state index in [4.69, 9.17) is 16.6 Å². The quantitative estimate of drug-likeness (QED) is 0.644. The Bertz CT molecular complexity index is 891. The Kier molecular flexibility index (Phi) is 4.28. The van der Waals surface area contributed by atoms with Crippen molar-refractivity contribution in [1.29, 1.82) is 0 Å². The average molecular weight is 351 g/mol. The molecule has 126 valence electrons. The summed E-state index contributed by atoms with van der Waals surface area (Å²) in [6.45, 7) is 2.01. The van der Waals surface area contributed by atoms with Crippen molar-refractivity contribution in [2.75, 3.05) is 10.6 Å². The molecule has 0 atom stereocenters. The third-order valence-corrected chi connectivity index (χ3v) is 4.40. The number of aromatic nitrogens is 2. The molecular formula is C20H19ClN4. The zero-order valence-electron chi connectivity index (χ0n) is 14.0. The molecule has 2 aromatic carbocycles. The Morgan fingerprint density at radius 2 is 1.80 bits per heavy atom. The molecule has 5 heteroatoms. The molecule has 25 heavy (non-hydrogen) atoms. The lowest BCUT2D eigenvalue weighted by molar-refractivity contribution is 1.08. The maximum absolute atomic E-state index is 6.05. The van der Waals surface area contributed by atoms with Gasteiger partial charge in [0.15, 0.2) is 0 Å². The molecule has 0 spiro atoms. The second kappa shape index (κ2) is 6.73. The van der Waals surface area contributed by atoms with E-state index >= 15 is 0 Å². The van der Waals surface area contributed by atoms with Crippen LogP contribution >= 0.6 is 11.6 Å². The minimum atomic E-state index is 0.531. The largest absolute Gasteiger partial charge is 0.367 e. The van der Waals surface area contributed by atoms with E-state index in [1.54, 1.807) is 0 Å². The normalized spacial score (nSPS) is 13.5. The number of aryl methyl sites for hydroxylation is 1. The Hall–Kier alpha value is -2.59. The van der Waals surface area contributed by atoms with Crippen LogP contribution in [0.2, 0.25) is 5.02 Å². The molecule has 3 aromatic rings. The third-order valence-electron chi connectivity index (χ3n) is 4.16. The SMILES string of the molecule is Cc1cc(Cl)ccc1Nc1nc(NC2CC2)cc(-c2ccccc2)n1. The molecule has 0 amide bonds. The van der Waals surface area contributed by atoms with E-state index in [1.807, 2.05) is 49.4 Å². The fourth-order valence-electron chi connectivity index (χ4n) is 2.66. The average Bonchev–Trinajstić information content (AvgIpc) is 3.42. The zero-order valence-corrected chi connectivity index (χ0v) is 14.7. The summed E-state index contributed by atoms with van der Waals surface area (Å²) in [5, 5.41) is 7.51. The standard InChI is InChI=1S/C20H19ClN4/c1-13-11-15(21)7-10-17(13)23-20-24-18(14-5-3-2-4-6-14)12-19(25-20)22-16-8-9-16/h2-7,10-12,16H,8-9H2,1H3,(H2,22,23,24,25). The van der Waals surface area contributed by atoms with Gasteiger partial charge in [0.05, 0.1) is 5.69 Å². The molecule has 1 aliphatic rings. The molecule has 0 saturated heterocycles. The number of nitrogens with zero attached hydrogens (tertiary/aromatic N) is 2. The number of anilines is 3. The fraction of sp³-hybridized carbons (Fsp3) is 0.200. The summed E-state index contributed by atoms with van der Waals surface area (Å²) >= 11 is 6.05. The number of halogens is 1. The number of nitrogens with one attached hydrogen (secondary N) is 2. The summed E-state index contributed by atoms with van der Waals surface area (Å²) < 4.78 is 0. The number of benzene rings is 2. The van der Waals surface area contributed by atoms with Crippen molar-refractivity contribution >= 4 is 29.1 Å². The monoisotopic (exact) mass is 350 g/mol. The lowest BCUT2D eigenvalue weighted by Crippen LogP contribution is -2.07. The minimum Gasteiger partial charge on any atom is -0.367 e. The first-order chi connectivity index (χ1) is 12.2. The molecule has 1 aliphatic carbocycles. The minimum absolute atomic E-state index is 0.531. The van der Waals surface area contributed by atoms with E-state index in [0.29, 0.717) is 12.0 Å². The highest BCUT2D eigenvalue weighted by Crippen LogP contribution is 2.28. The Balaban J connectivity index is 1.70. The first-order valence-corrected chi connectivity index (χ1v) is 8.79. The van der Waals surface area contributed by atoms with E-state index < -0.39 is 0 Å². The van der Waals surface area contributed by atoms with Gasteiger partial charge in [-0.1, -0.05) is 41.9 Å². The van der Waals surface area contributed by atoms with Crippen LogP contribution in [0.4, 0.5) is 17.5 Å². The van der Waals surface area contributed by atoms with Crippen LogP contribution in [0.15, 0.2) is 54.6 Å². The molecule has 4 nitrogen and oxygen atoms in total. The van der Waals surface area contributed by atoms with Crippen molar-refractivity contribution in [3.05, 3.63) is 65.2 Å². The molecule has 0 bridgehead atoms. The highest BCUT2D eigenvalue weighted by molar-refractivity contribution is 6.30. The van der Waals surface area contributed by atoms with E-state index in [2.05, 4.69) is 27.8 Å². The van der Waals surface area contributed by atoms with Crippen molar-refractivity contribution in [2.24, 2.45) is 0 Å². The summed E-state index contributed by atoms with van der Waals surface area (Å²) in [5.41, 5.74) is 3.97. The third kappa shape index (κ3) is 3.91. The van der Waals surface area contributed by atoms with Crippen LogP contribution in [0.1, 0.15) is 18.4 Å². The summed E-state index contributed by atoms with van der Waals surface area (Å²) in [4.78, 5) is 9.33. The fourth-order valence-corrected chi connectivity index (χ4v) is 2.89. The van der Waals surface area contributed by atoms with Crippen molar-refractivity contribution < 1.29 is 0 Å². The van der Waals surface area contributed by atoms with Gasteiger partial charge >= 0.3 is 0 Å². The van der Waals surface area contributed by atoms with Gasteiger partial charge in [-0.2, -0.15) is 4.98 Å². The molecular weight excluding hydrogens is 332 g/mol. The van der Waals surface area contributed by atoms with Gasteiger partial charge in [0.1, 0.15) is 5.82 Å². The van der Waals surface area contributed by atoms with E-state index in [-0.39, 0.29) is 0 Å². The van der Waals surface area contributed by atoms with Gasteiger partial charge in [0.25, 0.3) is 0 Å². The van der Waals surface area contributed by atoms with Crippen molar-refractivity contribution in [3.8, 4) is 11.3 Å². The van der Waals surface area contributed by atoms with E-state index in [9.17, 15) is 0 Å². The molecule has 0 aliphatic heterocycles. The summed E-state index contributed by atoms with van der Waals surface area (Å²) in [5.74, 6) is 1.43. The maximum atomic E-state index is 6.05. The van der Waals surface area contributed by atoms with Crippen LogP contribution in [0, 0.1) is 6.92 Å². The molecule has 4 rings (SSSR count). The van der Waals surface area contributed by atoms with Crippen molar-refractivity contribution in [1.82, 2.24) is 9.97 Å². The molecule has 2 N–H and O–H groups in total. The van der Waals surface area contributed by atoms with Crippen LogP contribution in [0.3, 0.4) is 0 Å². The first kappa shape index (κ1) is 15.9. The molecule has 0 unspecified atom stereocenters. The van der Waals surface area contributed by atoms with Crippen LogP contribution in [0.25, 0.3) is 11.3 Å². The zero-order chi connectivity index (χ0) is 17.2. The van der Waals surface area contributed by atoms with Crippen LogP contribution in [-0.4, -0.2) is 16.0 Å². The summed E-state index contributed by atoms with van der Waals surface area (Å²) in [6, 6.07) is 18.4. The second-order valence-corrected chi connectivity index (χ2v) is 6.77. The number of hydrogen-bond acceptors (Lipinski definition) is 4. The van der Waals surface area contributed by atoms with Gasteiger partial charge in [-0.15, -0.1) is 0 Å². The van der Waals surface area contributed by atoms with Crippen molar-refractivity contribution in [2.45, 2.75) is 25.8 Å². The molecule has 1 aromatic heterocycles.